The number of para-hydroxylation sites is 1. The summed E-state index contributed by atoms with van der Waals surface area (Å²) in [6.07, 6.45) is 2.81. The Labute approximate surface area is 179 Å². The molecule has 158 valence electrons. The Morgan fingerprint density at radius 1 is 1.00 bits per heavy atom. The van der Waals surface area contributed by atoms with E-state index in [-0.39, 0.29) is 17.2 Å². The fourth-order valence-electron chi connectivity index (χ4n) is 4.46. The summed E-state index contributed by atoms with van der Waals surface area (Å²) in [6.45, 7) is 10.2. The van der Waals surface area contributed by atoms with Crippen LogP contribution in [-0.2, 0) is 16.1 Å². The molecule has 4 heteroatoms. The van der Waals surface area contributed by atoms with E-state index >= 15 is 0 Å². The molecule has 1 aromatic heterocycles. The van der Waals surface area contributed by atoms with Crippen molar-refractivity contribution in [2.75, 3.05) is 26.3 Å². The third-order valence-electron chi connectivity index (χ3n) is 6.18. The number of amides is 1. The fourth-order valence-corrected chi connectivity index (χ4v) is 4.46. The highest BCUT2D eigenvalue weighted by Gasteiger charge is 2.32. The van der Waals surface area contributed by atoms with Gasteiger partial charge >= 0.3 is 0 Å². The van der Waals surface area contributed by atoms with Gasteiger partial charge in [-0.3, -0.25) is 4.79 Å². The lowest BCUT2D eigenvalue weighted by molar-refractivity contribution is -0.136. The van der Waals surface area contributed by atoms with Crippen molar-refractivity contribution in [3.05, 3.63) is 71.9 Å². The Morgan fingerprint density at radius 3 is 2.37 bits per heavy atom. The second kappa shape index (κ2) is 8.65. The molecule has 1 amide bonds. The van der Waals surface area contributed by atoms with E-state index in [9.17, 15) is 4.79 Å². The van der Waals surface area contributed by atoms with Gasteiger partial charge in [0.2, 0.25) is 5.91 Å². The quantitative estimate of drug-likeness (QED) is 0.595. The number of hydrogen-bond acceptors (Lipinski definition) is 2. The van der Waals surface area contributed by atoms with Crippen LogP contribution in [0.2, 0.25) is 0 Å². The lowest BCUT2D eigenvalue weighted by atomic mass is 9.74. The van der Waals surface area contributed by atoms with Crippen LogP contribution in [0.3, 0.4) is 0 Å². The van der Waals surface area contributed by atoms with Crippen molar-refractivity contribution in [3.8, 4) is 0 Å². The zero-order chi connectivity index (χ0) is 21.1. The molecule has 3 aromatic rings. The van der Waals surface area contributed by atoms with Crippen LogP contribution in [0.5, 0.6) is 0 Å². The van der Waals surface area contributed by atoms with E-state index in [1.807, 2.05) is 4.90 Å². The fraction of sp³-hybridized carbons (Fsp3) is 0.423. The van der Waals surface area contributed by atoms with Crippen LogP contribution in [0.15, 0.2) is 60.8 Å². The number of aromatic nitrogens is 1. The average Bonchev–Trinajstić information content (AvgIpc) is 3.10. The Bertz CT molecular complexity index is 995. The number of benzene rings is 2. The van der Waals surface area contributed by atoms with Gasteiger partial charge in [-0.1, -0.05) is 69.3 Å². The summed E-state index contributed by atoms with van der Waals surface area (Å²) in [5.41, 5.74) is 3.76. The molecule has 0 spiro atoms. The Balaban J connectivity index is 1.70. The highest BCUT2D eigenvalue weighted by molar-refractivity contribution is 5.86. The zero-order valence-electron chi connectivity index (χ0n) is 18.3. The zero-order valence-corrected chi connectivity index (χ0v) is 18.3. The summed E-state index contributed by atoms with van der Waals surface area (Å²) in [5.74, 6) is 0.382. The third kappa shape index (κ3) is 4.44. The first kappa shape index (κ1) is 20.7. The van der Waals surface area contributed by atoms with Gasteiger partial charge in [-0.25, -0.2) is 0 Å². The normalized spacial score (nSPS) is 16.0. The van der Waals surface area contributed by atoms with Crippen molar-refractivity contribution in [1.82, 2.24) is 9.47 Å². The molecule has 0 bridgehead atoms. The van der Waals surface area contributed by atoms with E-state index in [0.29, 0.717) is 32.7 Å². The summed E-state index contributed by atoms with van der Waals surface area (Å²) in [4.78, 5) is 15.1. The number of rotatable bonds is 5. The van der Waals surface area contributed by atoms with Gasteiger partial charge in [0, 0.05) is 43.2 Å². The van der Waals surface area contributed by atoms with Crippen LogP contribution >= 0.6 is 0 Å². The summed E-state index contributed by atoms with van der Waals surface area (Å²) < 4.78 is 7.76. The van der Waals surface area contributed by atoms with E-state index < -0.39 is 0 Å². The molecule has 0 unspecified atom stereocenters. The molecule has 0 saturated carbocycles. The summed E-state index contributed by atoms with van der Waals surface area (Å²) in [6, 6.07) is 19.1. The maximum Gasteiger partial charge on any atom is 0.223 e. The lowest BCUT2D eigenvalue weighted by Crippen LogP contribution is -2.42. The van der Waals surface area contributed by atoms with E-state index in [4.69, 9.17) is 4.74 Å². The van der Waals surface area contributed by atoms with Gasteiger partial charge in [0.25, 0.3) is 0 Å². The molecule has 0 radical (unpaired) electrons. The molecule has 0 aliphatic carbocycles. The third-order valence-corrected chi connectivity index (χ3v) is 6.18. The van der Waals surface area contributed by atoms with Crippen LogP contribution in [0, 0.1) is 5.41 Å². The Kier molecular flexibility index (Phi) is 5.96. The van der Waals surface area contributed by atoms with Crippen LogP contribution in [0.4, 0.5) is 0 Å². The van der Waals surface area contributed by atoms with E-state index in [2.05, 4.69) is 86.1 Å². The highest BCUT2D eigenvalue weighted by atomic mass is 16.5. The van der Waals surface area contributed by atoms with Gasteiger partial charge < -0.3 is 14.2 Å². The van der Waals surface area contributed by atoms with Gasteiger partial charge in [0.1, 0.15) is 0 Å². The number of nitrogens with zero attached hydrogens (tertiary/aromatic N) is 2. The van der Waals surface area contributed by atoms with Crippen molar-refractivity contribution < 1.29 is 9.53 Å². The van der Waals surface area contributed by atoms with Crippen LogP contribution in [0.25, 0.3) is 10.9 Å². The first-order valence-electron chi connectivity index (χ1n) is 10.9. The summed E-state index contributed by atoms with van der Waals surface area (Å²) in [7, 11) is 0. The molecule has 30 heavy (non-hydrogen) atoms. The minimum Gasteiger partial charge on any atom is -0.378 e. The van der Waals surface area contributed by atoms with Gasteiger partial charge in [-0.2, -0.15) is 0 Å². The smallest absolute Gasteiger partial charge is 0.223 e. The SMILES string of the molecule is CC(C)(C)[C@H](CC(=O)N1CCOCC1)c1cn(Cc2ccccc2)c2ccccc12. The predicted octanol–water partition coefficient (Wildman–Crippen LogP) is 5.07. The molecule has 1 aliphatic rings. The first-order chi connectivity index (χ1) is 14.4. The highest BCUT2D eigenvalue weighted by Crippen LogP contribution is 2.42. The molecule has 4 rings (SSSR count). The number of hydrogen-bond donors (Lipinski definition) is 0. The summed E-state index contributed by atoms with van der Waals surface area (Å²) >= 11 is 0. The topological polar surface area (TPSA) is 34.5 Å². The molecular weight excluding hydrogens is 372 g/mol. The lowest BCUT2D eigenvalue weighted by Gasteiger charge is -2.34. The number of ether oxygens (including phenoxy) is 1. The van der Waals surface area contributed by atoms with E-state index in [1.165, 1.54) is 22.0 Å². The van der Waals surface area contributed by atoms with Gasteiger partial charge in [0.15, 0.2) is 0 Å². The number of fused-ring (bicyclic) bond motifs is 1. The second-order valence-corrected chi connectivity index (χ2v) is 9.33. The predicted molar refractivity (Wildman–Crippen MR) is 122 cm³/mol. The van der Waals surface area contributed by atoms with Crippen molar-refractivity contribution >= 4 is 16.8 Å². The van der Waals surface area contributed by atoms with Crippen LogP contribution < -0.4 is 0 Å². The van der Waals surface area contributed by atoms with Crippen molar-refractivity contribution in [3.63, 3.8) is 0 Å². The molecule has 1 fully saturated rings. The maximum atomic E-state index is 13.1. The number of carbonyl (C=O) groups excluding carboxylic acids is 1. The second-order valence-electron chi connectivity index (χ2n) is 9.33. The molecule has 1 aliphatic heterocycles. The van der Waals surface area contributed by atoms with Crippen LogP contribution in [-0.4, -0.2) is 41.7 Å². The van der Waals surface area contributed by atoms with E-state index in [1.54, 1.807) is 0 Å². The molecule has 4 nitrogen and oxygen atoms in total. The maximum absolute atomic E-state index is 13.1. The van der Waals surface area contributed by atoms with Gasteiger partial charge in [-0.05, 0) is 28.5 Å². The largest absolute Gasteiger partial charge is 0.378 e. The van der Waals surface area contributed by atoms with Crippen molar-refractivity contribution in [2.45, 2.75) is 39.7 Å². The molecule has 1 atom stereocenters. The number of carbonyl (C=O) groups is 1. The Hall–Kier alpha value is -2.59. The molecular formula is C26H32N2O2. The van der Waals surface area contributed by atoms with Crippen molar-refractivity contribution in [2.24, 2.45) is 5.41 Å². The Morgan fingerprint density at radius 2 is 1.67 bits per heavy atom. The van der Waals surface area contributed by atoms with Gasteiger partial charge in [-0.15, -0.1) is 0 Å². The van der Waals surface area contributed by atoms with Crippen LogP contribution in [0.1, 0.15) is 44.2 Å². The average molecular weight is 405 g/mol. The minimum absolute atomic E-state index is 0.0242. The number of morpholine rings is 1. The monoisotopic (exact) mass is 404 g/mol. The van der Waals surface area contributed by atoms with Crippen molar-refractivity contribution in [1.29, 1.82) is 0 Å². The van der Waals surface area contributed by atoms with Gasteiger partial charge in [0.05, 0.1) is 13.2 Å². The molecule has 2 aromatic carbocycles. The first-order valence-corrected chi connectivity index (χ1v) is 10.9. The standard InChI is InChI=1S/C26H32N2O2/c1-26(2,3)23(17-25(29)27-13-15-30-16-14-27)22-19-28(18-20-9-5-4-6-10-20)24-12-8-7-11-21(22)24/h4-12,19,23H,13-18H2,1-3H3/t23-/m1/s1. The minimum atomic E-state index is -0.0242. The molecule has 0 N–H and O–H groups in total. The molecule has 2 heterocycles. The van der Waals surface area contributed by atoms with E-state index in [0.717, 1.165) is 6.54 Å². The summed E-state index contributed by atoms with van der Waals surface area (Å²) in [5, 5.41) is 1.25. The molecule has 1 saturated heterocycles.